The van der Waals surface area contributed by atoms with Crippen LogP contribution in [0.3, 0.4) is 0 Å². The van der Waals surface area contributed by atoms with E-state index in [9.17, 15) is 4.39 Å². The molecule has 0 atom stereocenters. The number of hydrogen-bond acceptors (Lipinski definition) is 1. The Bertz CT molecular complexity index is 1200. The Balaban J connectivity index is 1.99. The van der Waals surface area contributed by atoms with Crippen molar-refractivity contribution < 1.29 is 4.39 Å². The van der Waals surface area contributed by atoms with Crippen LogP contribution in [0, 0.1) is 5.82 Å². The minimum atomic E-state index is -0.776. The summed E-state index contributed by atoms with van der Waals surface area (Å²) in [4.78, 5) is 0. The summed E-state index contributed by atoms with van der Waals surface area (Å²) in [5, 5.41) is 5.76. The minimum Gasteiger partial charge on any atom is -0.244 e. The van der Waals surface area contributed by atoms with Crippen molar-refractivity contribution in [1.29, 1.82) is 0 Å². The third-order valence-corrected chi connectivity index (χ3v) is 6.08. The molecule has 0 fully saturated rings. The molecule has 0 saturated heterocycles. The highest BCUT2D eigenvalue weighted by molar-refractivity contribution is 9.10. The van der Waals surface area contributed by atoms with Crippen LogP contribution < -0.4 is 0 Å². The Morgan fingerprint density at radius 3 is 1.60 bits per heavy atom. The molecule has 0 aliphatic heterocycles. The quantitative estimate of drug-likeness (QED) is 0.272. The average Bonchev–Trinajstić information content (AvgIpc) is 3.12. The van der Waals surface area contributed by atoms with Gasteiger partial charge in [-0.2, -0.15) is 5.10 Å². The number of halogens is 2. The first-order valence-corrected chi connectivity index (χ1v) is 10.5. The van der Waals surface area contributed by atoms with Gasteiger partial charge in [0.25, 0.3) is 0 Å². The fraction of sp³-hybridized carbons (Fsp3) is 0.0385. The van der Waals surface area contributed by atoms with Crippen LogP contribution in [0.15, 0.2) is 114 Å². The zero-order valence-corrected chi connectivity index (χ0v) is 17.6. The third kappa shape index (κ3) is 2.87. The zero-order valence-electron chi connectivity index (χ0n) is 16.0. The van der Waals surface area contributed by atoms with Crippen LogP contribution in [-0.4, -0.2) is 9.78 Å². The van der Waals surface area contributed by atoms with Crippen molar-refractivity contribution in [2.24, 2.45) is 0 Å². The van der Waals surface area contributed by atoms with Gasteiger partial charge in [-0.25, -0.2) is 9.07 Å². The average molecular weight is 457 g/mol. The fourth-order valence-corrected chi connectivity index (χ4v) is 4.70. The fourth-order valence-electron chi connectivity index (χ4n) is 4.21. The monoisotopic (exact) mass is 456 g/mol. The molecule has 0 aliphatic carbocycles. The summed E-state index contributed by atoms with van der Waals surface area (Å²) in [6, 6.07) is 35.5. The normalized spacial score (nSPS) is 11.7. The Morgan fingerprint density at radius 2 is 1.13 bits per heavy atom. The van der Waals surface area contributed by atoms with Gasteiger partial charge in [-0.15, -0.1) is 0 Å². The highest BCUT2D eigenvalue weighted by Crippen LogP contribution is 2.43. The van der Waals surface area contributed by atoms with E-state index < -0.39 is 5.54 Å². The van der Waals surface area contributed by atoms with E-state index in [1.165, 1.54) is 6.07 Å². The molecule has 0 N–H and O–H groups in total. The first-order valence-electron chi connectivity index (χ1n) is 9.72. The van der Waals surface area contributed by atoms with Gasteiger partial charge in [0.15, 0.2) is 0 Å². The number of benzene rings is 4. The molecule has 5 rings (SSSR count). The molecular formula is C26H18BrFN2. The molecule has 1 heterocycles. The van der Waals surface area contributed by atoms with Crippen LogP contribution in [0.5, 0.6) is 0 Å². The zero-order chi connectivity index (χ0) is 20.6. The summed E-state index contributed by atoms with van der Waals surface area (Å²) < 4.78 is 17.0. The van der Waals surface area contributed by atoms with Gasteiger partial charge in [-0.1, -0.05) is 91.0 Å². The van der Waals surface area contributed by atoms with Crippen molar-refractivity contribution in [1.82, 2.24) is 9.78 Å². The molecule has 0 saturated carbocycles. The highest BCUT2D eigenvalue weighted by atomic mass is 79.9. The largest absolute Gasteiger partial charge is 0.244 e. The van der Waals surface area contributed by atoms with Gasteiger partial charge in [-0.05, 0) is 50.8 Å². The van der Waals surface area contributed by atoms with Gasteiger partial charge in [0.2, 0.25) is 0 Å². The van der Waals surface area contributed by atoms with Gasteiger partial charge in [-0.3, -0.25) is 0 Å². The van der Waals surface area contributed by atoms with Gasteiger partial charge < -0.3 is 0 Å². The lowest BCUT2D eigenvalue weighted by Gasteiger charge is -2.37. The lowest BCUT2D eigenvalue weighted by Crippen LogP contribution is -2.38. The van der Waals surface area contributed by atoms with E-state index in [1.807, 2.05) is 59.3 Å². The van der Waals surface area contributed by atoms with E-state index in [0.717, 1.165) is 27.6 Å². The maximum Gasteiger partial charge on any atom is 0.138 e. The molecule has 4 aromatic carbocycles. The van der Waals surface area contributed by atoms with Crippen molar-refractivity contribution in [3.8, 4) is 0 Å². The molecule has 0 amide bonds. The predicted octanol–water partition coefficient (Wildman–Crippen LogP) is 6.78. The molecule has 0 bridgehead atoms. The van der Waals surface area contributed by atoms with E-state index in [0.29, 0.717) is 4.60 Å². The van der Waals surface area contributed by atoms with Crippen LogP contribution in [-0.2, 0) is 5.54 Å². The van der Waals surface area contributed by atoms with Gasteiger partial charge in [0, 0.05) is 5.39 Å². The number of fused-ring (bicyclic) bond motifs is 1. The first kappa shape index (κ1) is 18.8. The summed E-state index contributed by atoms with van der Waals surface area (Å²) in [5.74, 6) is -0.292. The molecule has 5 aromatic rings. The van der Waals surface area contributed by atoms with Crippen LogP contribution in [0.2, 0.25) is 0 Å². The maximum absolute atomic E-state index is 14.4. The highest BCUT2D eigenvalue weighted by Gasteiger charge is 2.40. The predicted molar refractivity (Wildman–Crippen MR) is 122 cm³/mol. The van der Waals surface area contributed by atoms with Crippen LogP contribution in [0.4, 0.5) is 4.39 Å². The lowest BCUT2D eigenvalue weighted by atomic mass is 9.77. The van der Waals surface area contributed by atoms with Crippen LogP contribution in [0.1, 0.15) is 16.7 Å². The molecule has 0 unspecified atom stereocenters. The van der Waals surface area contributed by atoms with E-state index in [-0.39, 0.29) is 5.82 Å². The molecular weight excluding hydrogens is 439 g/mol. The molecule has 1 aromatic heterocycles. The van der Waals surface area contributed by atoms with Crippen LogP contribution >= 0.6 is 15.9 Å². The standard InChI is InChI=1S/C26H18BrFN2/c27-25-23-17-16-22(28)18-24(23)30(29-25)26(19-10-4-1-5-11-19,20-12-6-2-7-13-20)21-14-8-3-9-15-21/h1-18H. The second-order valence-corrected chi connectivity index (χ2v) is 7.92. The van der Waals surface area contributed by atoms with Crippen molar-refractivity contribution in [3.05, 3.63) is 136 Å². The Morgan fingerprint density at radius 1 is 0.667 bits per heavy atom. The minimum absolute atomic E-state index is 0.292. The second kappa shape index (κ2) is 7.54. The smallest absolute Gasteiger partial charge is 0.138 e. The second-order valence-electron chi connectivity index (χ2n) is 7.17. The molecule has 2 nitrogen and oxygen atoms in total. The van der Waals surface area contributed by atoms with Crippen molar-refractivity contribution in [2.45, 2.75) is 5.54 Å². The number of hydrogen-bond donors (Lipinski definition) is 0. The van der Waals surface area contributed by atoms with Gasteiger partial charge >= 0.3 is 0 Å². The Kier molecular flexibility index (Phi) is 4.72. The summed E-state index contributed by atoms with van der Waals surface area (Å²) >= 11 is 3.60. The summed E-state index contributed by atoms with van der Waals surface area (Å²) in [7, 11) is 0. The third-order valence-electron chi connectivity index (χ3n) is 5.49. The van der Waals surface area contributed by atoms with E-state index in [1.54, 1.807) is 12.1 Å². The van der Waals surface area contributed by atoms with Crippen molar-refractivity contribution in [3.63, 3.8) is 0 Å². The Labute approximate surface area is 182 Å². The molecule has 0 spiro atoms. The maximum atomic E-state index is 14.4. The summed E-state index contributed by atoms with van der Waals surface area (Å²) in [6.45, 7) is 0. The number of nitrogens with zero attached hydrogens (tertiary/aromatic N) is 2. The first-order chi connectivity index (χ1) is 14.7. The van der Waals surface area contributed by atoms with Crippen LogP contribution in [0.25, 0.3) is 10.9 Å². The molecule has 30 heavy (non-hydrogen) atoms. The van der Waals surface area contributed by atoms with Crippen molar-refractivity contribution >= 4 is 26.8 Å². The Hall–Kier alpha value is -3.24. The molecule has 0 radical (unpaired) electrons. The number of rotatable bonds is 4. The van der Waals surface area contributed by atoms with E-state index in [4.69, 9.17) is 5.10 Å². The summed E-state index contributed by atoms with van der Waals surface area (Å²) in [6.07, 6.45) is 0. The topological polar surface area (TPSA) is 17.8 Å². The van der Waals surface area contributed by atoms with Gasteiger partial charge in [0.1, 0.15) is 16.0 Å². The SMILES string of the molecule is Fc1ccc2c(Br)nn(C(c3ccccc3)(c3ccccc3)c3ccccc3)c2c1. The van der Waals surface area contributed by atoms with Gasteiger partial charge in [0.05, 0.1) is 5.52 Å². The molecule has 0 aliphatic rings. The molecule has 4 heteroatoms. The number of aromatic nitrogens is 2. The lowest BCUT2D eigenvalue weighted by molar-refractivity contribution is 0.473. The van der Waals surface area contributed by atoms with E-state index in [2.05, 4.69) is 52.3 Å². The van der Waals surface area contributed by atoms with E-state index >= 15 is 0 Å². The molecule has 146 valence electrons. The van der Waals surface area contributed by atoms with Crippen molar-refractivity contribution in [2.75, 3.05) is 0 Å². The summed E-state index contributed by atoms with van der Waals surface area (Å²) in [5.41, 5.74) is 3.08.